The number of hydrogen-bond donors (Lipinski definition) is 1. The predicted molar refractivity (Wildman–Crippen MR) is 63.0 cm³/mol. The summed E-state index contributed by atoms with van der Waals surface area (Å²) in [5.74, 6) is -0.937. The van der Waals surface area contributed by atoms with Gasteiger partial charge in [-0.05, 0) is 25.7 Å². The van der Waals surface area contributed by atoms with E-state index in [1.165, 1.54) is 17.3 Å². The van der Waals surface area contributed by atoms with Gasteiger partial charge >= 0.3 is 5.97 Å². The van der Waals surface area contributed by atoms with Crippen LogP contribution in [-0.2, 0) is 4.79 Å². The van der Waals surface area contributed by atoms with Gasteiger partial charge in [0.2, 0.25) is 0 Å². The summed E-state index contributed by atoms with van der Waals surface area (Å²) < 4.78 is 0. The molecular weight excluding hydrogens is 234 g/mol. The Bertz CT molecular complexity index is 454. The zero-order valence-electron chi connectivity index (χ0n) is 10.2. The number of carboxylic acids is 1. The number of carbonyl (C=O) groups is 2. The lowest BCUT2D eigenvalue weighted by molar-refractivity contribution is -0.137. The molecule has 1 aliphatic carbocycles. The van der Waals surface area contributed by atoms with Crippen LogP contribution in [0.3, 0.4) is 0 Å². The summed E-state index contributed by atoms with van der Waals surface area (Å²) in [4.78, 5) is 32.2. The number of aryl methyl sites for hydroxylation is 1. The van der Waals surface area contributed by atoms with Gasteiger partial charge in [0.05, 0.1) is 11.9 Å². The summed E-state index contributed by atoms with van der Waals surface area (Å²) in [7, 11) is 0. The minimum Gasteiger partial charge on any atom is -0.480 e. The summed E-state index contributed by atoms with van der Waals surface area (Å²) in [6, 6.07) is 0. The summed E-state index contributed by atoms with van der Waals surface area (Å²) in [6.07, 6.45) is 5.01. The summed E-state index contributed by atoms with van der Waals surface area (Å²) >= 11 is 0. The van der Waals surface area contributed by atoms with Crippen molar-refractivity contribution < 1.29 is 14.7 Å². The van der Waals surface area contributed by atoms with Crippen LogP contribution in [0.2, 0.25) is 0 Å². The highest BCUT2D eigenvalue weighted by Gasteiger charge is 2.29. The molecule has 0 atom stereocenters. The van der Waals surface area contributed by atoms with Gasteiger partial charge in [-0.15, -0.1) is 0 Å². The molecule has 0 radical (unpaired) electrons. The minimum atomic E-state index is -1.01. The molecule has 0 bridgehead atoms. The fourth-order valence-corrected chi connectivity index (χ4v) is 1.66. The molecule has 96 valence electrons. The van der Waals surface area contributed by atoms with E-state index in [9.17, 15) is 9.59 Å². The number of carboxylic acid groups (broad SMARTS) is 1. The van der Waals surface area contributed by atoms with Gasteiger partial charge in [-0.2, -0.15) is 0 Å². The van der Waals surface area contributed by atoms with Crippen LogP contribution in [0, 0.1) is 12.8 Å². The zero-order chi connectivity index (χ0) is 13.1. The Labute approximate surface area is 105 Å². The topological polar surface area (TPSA) is 83.4 Å². The van der Waals surface area contributed by atoms with Crippen LogP contribution in [0.5, 0.6) is 0 Å². The maximum absolute atomic E-state index is 12.1. The van der Waals surface area contributed by atoms with E-state index in [2.05, 4.69) is 9.97 Å². The second kappa shape index (κ2) is 5.12. The minimum absolute atomic E-state index is 0.197. The van der Waals surface area contributed by atoms with Gasteiger partial charge in [-0.25, -0.2) is 4.98 Å². The first-order chi connectivity index (χ1) is 8.56. The van der Waals surface area contributed by atoms with Crippen molar-refractivity contribution in [1.29, 1.82) is 0 Å². The monoisotopic (exact) mass is 249 g/mol. The van der Waals surface area contributed by atoms with Gasteiger partial charge in [0.15, 0.2) is 0 Å². The maximum atomic E-state index is 12.1. The van der Waals surface area contributed by atoms with Crippen LogP contribution in [0.25, 0.3) is 0 Å². The molecule has 0 unspecified atom stereocenters. The molecule has 1 aromatic rings. The van der Waals surface area contributed by atoms with Crippen molar-refractivity contribution in [2.24, 2.45) is 5.92 Å². The van der Waals surface area contributed by atoms with E-state index in [0.717, 1.165) is 18.5 Å². The van der Waals surface area contributed by atoms with E-state index in [1.807, 2.05) is 0 Å². The Morgan fingerprint density at radius 2 is 2.11 bits per heavy atom. The Hall–Kier alpha value is -1.98. The van der Waals surface area contributed by atoms with Crippen LogP contribution in [0.1, 0.15) is 29.0 Å². The molecule has 2 rings (SSSR count). The van der Waals surface area contributed by atoms with Crippen LogP contribution >= 0.6 is 0 Å². The summed E-state index contributed by atoms with van der Waals surface area (Å²) in [6.45, 7) is 1.98. The number of carbonyl (C=O) groups excluding carboxylic acids is 1. The molecule has 1 amide bonds. The molecule has 1 aliphatic rings. The molecule has 1 heterocycles. The van der Waals surface area contributed by atoms with Crippen molar-refractivity contribution in [2.75, 3.05) is 13.1 Å². The van der Waals surface area contributed by atoms with Gasteiger partial charge in [-0.1, -0.05) is 0 Å². The smallest absolute Gasteiger partial charge is 0.323 e. The van der Waals surface area contributed by atoms with Crippen molar-refractivity contribution in [3.8, 4) is 0 Å². The van der Waals surface area contributed by atoms with E-state index in [-0.39, 0.29) is 18.1 Å². The van der Waals surface area contributed by atoms with Crippen molar-refractivity contribution >= 4 is 11.9 Å². The molecule has 0 aromatic carbocycles. The molecular formula is C12H15N3O3. The number of aliphatic carboxylic acids is 1. The average Bonchev–Trinajstić information content (AvgIpc) is 3.12. The van der Waals surface area contributed by atoms with Gasteiger partial charge < -0.3 is 10.0 Å². The fraction of sp³-hybridized carbons (Fsp3) is 0.500. The van der Waals surface area contributed by atoms with Crippen LogP contribution < -0.4 is 0 Å². The normalized spacial score (nSPS) is 14.3. The van der Waals surface area contributed by atoms with E-state index < -0.39 is 5.97 Å². The van der Waals surface area contributed by atoms with Gasteiger partial charge in [-0.3, -0.25) is 14.6 Å². The number of aromatic nitrogens is 2. The predicted octanol–water partition coefficient (Wildman–Crippen LogP) is 0.722. The third kappa shape index (κ3) is 3.26. The van der Waals surface area contributed by atoms with Gasteiger partial charge in [0.1, 0.15) is 12.2 Å². The Morgan fingerprint density at radius 3 is 2.61 bits per heavy atom. The highest BCUT2D eigenvalue weighted by Crippen LogP contribution is 2.29. The van der Waals surface area contributed by atoms with Crippen LogP contribution in [-0.4, -0.2) is 44.9 Å². The molecule has 1 N–H and O–H groups in total. The molecule has 0 aliphatic heterocycles. The maximum Gasteiger partial charge on any atom is 0.323 e. The number of amides is 1. The van der Waals surface area contributed by atoms with Crippen LogP contribution in [0.15, 0.2) is 12.4 Å². The summed E-state index contributed by atoms with van der Waals surface area (Å²) in [5, 5.41) is 8.83. The quantitative estimate of drug-likeness (QED) is 0.831. The molecule has 1 saturated carbocycles. The molecule has 0 saturated heterocycles. The lowest BCUT2D eigenvalue weighted by Crippen LogP contribution is -2.37. The SMILES string of the molecule is Cc1cnc(C(=O)N(CC(=O)O)CC2CC2)cn1. The molecule has 6 heteroatoms. The standard InChI is InChI=1S/C12H15N3O3/c1-8-4-14-10(5-13-8)12(18)15(7-11(16)17)6-9-2-3-9/h4-5,9H,2-3,6-7H2,1H3,(H,16,17). The Balaban J connectivity index is 2.10. The number of nitrogens with zero attached hydrogens (tertiary/aromatic N) is 3. The van der Waals surface area contributed by atoms with E-state index in [1.54, 1.807) is 6.92 Å². The summed E-state index contributed by atoms with van der Waals surface area (Å²) in [5.41, 5.74) is 0.918. The van der Waals surface area contributed by atoms with E-state index >= 15 is 0 Å². The van der Waals surface area contributed by atoms with Crippen molar-refractivity contribution in [3.63, 3.8) is 0 Å². The second-order valence-electron chi connectivity index (χ2n) is 4.57. The largest absolute Gasteiger partial charge is 0.480 e. The molecule has 1 fully saturated rings. The van der Waals surface area contributed by atoms with Gasteiger partial charge in [0, 0.05) is 12.7 Å². The first-order valence-electron chi connectivity index (χ1n) is 5.86. The number of hydrogen-bond acceptors (Lipinski definition) is 4. The molecule has 18 heavy (non-hydrogen) atoms. The van der Waals surface area contributed by atoms with Gasteiger partial charge in [0.25, 0.3) is 5.91 Å². The second-order valence-corrected chi connectivity index (χ2v) is 4.57. The van der Waals surface area contributed by atoms with Crippen molar-refractivity contribution in [2.45, 2.75) is 19.8 Å². The zero-order valence-corrected chi connectivity index (χ0v) is 10.2. The van der Waals surface area contributed by atoms with Crippen molar-refractivity contribution in [1.82, 2.24) is 14.9 Å². The van der Waals surface area contributed by atoms with E-state index in [4.69, 9.17) is 5.11 Å². The lowest BCUT2D eigenvalue weighted by atomic mass is 10.3. The van der Waals surface area contributed by atoms with Crippen molar-refractivity contribution in [3.05, 3.63) is 23.8 Å². The average molecular weight is 249 g/mol. The third-order valence-electron chi connectivity index (χ3n) is 2.79. The molecule has 0 spiro atoms. The fourth-order valence-electron chi connectivity index (χ4n) is 1.66. The lowest BCUT2D eigenvalue weighted by Gasteiger charge is -2.19. The molecule has 1 aromatic heterocycles. The Kier molecular flexibility index (Phi) is 3.55. The third-order valence-corrected chi connectivity index (χ3v) is 2.79. The highest BCUT2D eigenvalue weighted by molar-refractivity contribution is 5.93. The first kappa shape index (κ1) is 12.5. The molecule has 6 nitrogen and oxygen atoms in total. The highest BCUT2D eigenvalue weighted by atomic mass is 16.4. The van der Waals surface area contributed by atoms with Crippen LogP contribution in [0.4, 0.5) is 0 Å². The van der Waals surface area contributed by atoms with E-state index in [0.29, 0.717) is 12.5 Å². The number of rotatable bonds is 5. The Morgan fingerprint density at radius 1 is 1.39 bits per heavy atom. The first-order valence-corrected chi connectivity index (χ1v) is 5.86.